The van der Waals surface area contributed by atoms with Crippen LogP contribution in [-0.4, -0.2) is 14.1 Å². The van der Waals surface area contributed by atoms with Crippen molar-refractivity contribution in [2.75, 3.05) is 14.1 Å². The van der Waals surface area contributed by atoms with Gasteiger partial charge in [-0.2, -0.15) is 43.3 Å². The van der Waals surface area contributed by atoms with E-state index in [2.05, 4.69) is 12.2 Å². The van der Waals surface area contributed by atoms with Crippen molar-refractivity contribution in [3.8, 4) is 0 Å². The molecule has 0 heterocycles. The molecule has 0 saturated carbocycles. The molecule has 2 aromatic carbocycles. The Hall–Kier alpha value is -0.821. The third kappa shape index (κ3) is 23.2. The summed E-state index contributed by atoms with van der Waals surface area (Å²) in [6.07, 6.45) is 0. The smallest absolute Gasteiger partial charge is 0.346 e. The molecule has 89 valence electrons. The molecule has 16 heavy (non-hydrogen) atoms. The Kier molecular flexibility index (Phi) is 30.6. The van der Waals surface area contributed by atoms with Crippen molar-refractivity contribution in [2.24, 2.45) is 0 Å². The summed E-state index contributed by atoms with van der Waals surface area (Å²) in [6, 6.07) is 20.0. The van der Waals surface area contributed by atoms with Crippen LogP contribution in [-0.2, 0) is 17.1 Å². The summed E-state index contributed by atoms with van der Waals surface area (Å²) < 4.78 is 0. The van der Waals surface area contributed by atoms with E-state index in [1.807, 2.05) is 74.8 Å². The van der Waals surface area contributed by atoms with E-state index in [0.717, 1.165) is 0 Å². The van der Waals surface area contributed by atoms with Gasteiger partial charge in [0, 0.05) is 0 Å². The second-order valence-electron chi connectivity index (χ2n) is 2.42. The molecule has 1 radical (unpaired) electrons. The van der Waals surface area contributed by atoms with Gasteiger partial charge in [0.15, 0.2) is 0 Å². The normalized spacial score (nSPS) is 6.50. The summed E-state index contributed by atoms with van der Waals surface area (Å²) in [5, 5.41) is 2.75. The Morgan fingerprint density at radius 1 is 0.750 bits per heavy atom. The molecule has 1 N–H and O–H groups in total. The zero-order valence-corrected chi connectivity index (χ0v) is 11.4. The molecule has 0 bridgehead atoms. The van der Waals surface area contributed by atoms with Crippen LogP contribution >= 0.6 is 0 Å². The third-order valence-electron chi connectivity index (χ3n) is 1.11. The van der Waals surface area contributed by atoms with Crippen LogP contribution < -0.4 is 5.32 Å². The van der Waals surface area contributed by atoms with Crippen molar-refractivity contribution in [1.82, 2.24) is 5.32 Å². The van der Waals surface area contributed by atoms with Crippen molar-refractivity contribution in [3.63, 3.8) is 0 Å². The van der Waals surface area contributed by atoms with Gasteiger partial charge in [-0.3, -0.25) is 0 Å². The Bertz CT molecular complexity index is 162. The van der Waals surface area contributed by atoms with Crippen LogP contribution in [0.4, 0.5) is 0 Å². The van der Waals surface area contributed by atoms with Crippen LogP contribution in [0.1, 0.15) is 6.92 Å². The van der Waals surface area contributed by atoms with Gasteiger partial charge in [0.05, 0.1) is 0 Å². The number of rotatable bonds is 0. The first-order valence-corrected chi connectivity index (χ1v) is 5.04. The largest absolute Gasteiger partial charge is 5.00 e. The standard InChI is InChI=1S/2C5H5.C2H7N.C2H5.Fe/c2*1-2-4-5-3-1;1-3-2;1-2;/h2*1-5H;3H,1-2H3;1H2,2H3;/q2*-1;;-1;+5. The first-order chi connectivity index (χ1) is 7.41. The van der Waals surface area contributed by atoms with Crippen LogP contribution in [0.5, 0.6) is 0 Å². The minimum absolute atomic E-state index is 0. The van der Waals surface area contributed by atoms with Crippen molar-refractivity contribution in [2.45, 2.75) is 6.92 Å². The molecule has 0 saturated heterocycles. The molecule has 0 aliphatic carbocycles. The Morgan fingerprint density at radius 3 is 1.00 bits per heavy atom. The van der Waals surface area contributed by atoms with E-state index < -0.39 is 0 Å². The second-order valence-corrected chi connectivity index (χ2v) is 2.42. The van der Waals surface area contributed by atoms with Gasteiger partial charge in [0.2, 0.25) is 0 Å². The van der Waals surface area contributed by atoms with E-state index in [1.54, 1.807) is 6.92 Å². The van der Waals surface area contributed by atoms with Crippen molar-refractivity contribution < 1.29 is 17.1 Å². The summed E-state index contributed by atoms with van der Waals surface area (Å²) in [7, 11) is 3.75. The van der Waals surface area contributed by atoms with E-state index in [4.69, 9.17) is 0 Å². The van der Waals surface area contributed by atoms with Gasteiger partial charge in [-0.1, -0.05) is 0 Å². The maximum Gasteiger partial charge on any atom is 5.00 e. The molecule has 0 spiro atoms. The van der Waals surface area contributed by atoms with Gasteiger partial charge >= 0.3 is 17.1 Å². The van der Waals surface area contributed by atoms with Gasteiger partial charge in [0.1, 0.15) is 0 Å². The maximum absolute atomic E-state index is 3.25. The predicted octanol–water partition coefficient (Wildman–Crippen LogP) is 3.48. The first-order valence-electron chi connectivity index (χ1n) is 5.04. The molecule has 0 aromatic heterocycles. The number of nitrogens with one attached hydrogen (secondary N) is 1. The number of hydrogen-bond donors (Lipinski definition) is 1. The summed E-state index contributed by atoms with van der Waals surface area (Å²) in [5.74, 6) is 0. The fourth-order valence-corrected chi connectivity index (χ4v) is 0.642. The Balaban J connectivity index is -0.000000147. The molecule has 0 amide bonds. The molecule has 0 atom stereocenters. The molecule has 2 aromatic rings. The monoisotopic (exact) mass is 260 g/mol. The summed E-state index contributed by atoms with van der Waals surface area (Å²) in [4.78, 5) is 0. The second kappa shape index (κ2) is 23.8. The van der Waals surface area contributed by atoms with Crippen LogP contribution in [0, 0.1) is 6.92 Å². The fourth-order valence-electron chi connectivity index (χ4n) is 0.642. The van der Waals surface area contributed by atoms with Crippen molar-refractivity contribution in [1.29, 1.82) is 0 Å². The van der Waals surface area contributed by atoms with E-state index in [1.165, 1.54) is 0 Å². The summed E-state index contributed by atoms with van der Waals surface area (Å²) in [5.41, 5.74) is 0. The van der Waals surface area contributed by atoms with Gasteiger partial charge in [-0.15, -0.1) is 0 Å². The molecule has 1 nitrogen and oxygen atoms in total. The average Bonchev–Trinajstić information content (AvgIpc) is 3.01. The quantitative estimate of drug-likeness (QED) is 0.564. The van der Waals surface area contributed by atoms with Crippen LogP contribution in [0.2, 0.25) is 0 Å². The van der Waals surface area contributed by atoms with E-state index in [9.17, 15) is 0 Å². The molecular formula is C14H22FeN+2. The summed E-state index contributed by atoms with van der Waals surface area (Å²) in [6.45, 7) is 5.00. The molecule has 2 rings (SSSR count). The van der Waals surface area contributed by atoms with Crippen LogP contribution in [0.3, 0.4) is 0 Å². The van der Waals surface area contributed by atoms with Crippen LogP contribution in [0.25, 0.3) is 0 Å². The molecule has 2 heteroatoms. The van der Waals surface area contributed by atoms with E-state index >= 15 is 0 Å². The van der Waals surface area contributed by atoms with Crippen molar-refractivity contribution >= 4 is 0 Å². The zero-order chi connectivity index (χ0) is 11.8. The minimum Gasteiger partial charge on any atom is -0.346 e. The maximum atomic E-state index is 3.25. The fraction of sp³-hybridized carbons (Fsp3) is 0.214. The number of hydrogen-bond acceptors (Lipinski definition) is 1. The average molecular weight is 260 g/mol. The Labute approximate surface area is 111 Å². The predicted molar refractivity (Wildman–Crippen MR) is 70.1 cm³/mol. The first kappa shape index (κ1) is 20.6. The SMILES string of the molecule is CNC.[CH2-]C.[Fe+5].c1cc[cH-]c1.c1cc[cH-]c1. The topological polar surface area (TPSA) is 12.0 Å². The molecule has 0 aliphatic heterocycles. The third-order valence-corrected chi connectivity index (χ3v) is 1.11. The van der Waals surface area contributed by atoms with E-state index in [-0.39, 0.29) is 17.1 Å². The molecule has 0 unspecified atom stereocenters. The summed E-state index contributed by atoms with van der Waals surface area (Å²) >= 11 is 0. The Morgan fingerprint density at radius 2 is 0.938 bits per heavy atom. The molecular weight excluding hydrogens is 238 g/mol. The van der Waals surface area contributed by atoms with Gasteiger partial charge < -0.3 is 12.2 Å². The van der Waals surface area contributed by atoms with E-state index in [0.29, 0.717) is 0 Å². The zero-order valence-electron chi connectivity index (χ0n) is 10.3. The van der Waals surface area contributed by atoms with Crippen molar-refractivity contribution in [3.05, 3.63) is 67.6 Å². The molecule has 0 aliphatic rings. The van der Waals surface area contributed by atoms with Gasteiger partial charge in [0.25, 0.3) is 0 Å². The molecule has 0 fully saturated rings. The van der Waals surface area contributed by atoms with Crippen LogP contribution in [0.15, 0.2) is 60.7 Å². The van der Waals surface area contributed by atoms with Gasteiger partial charge in [-0.25, -0.2) is 24.3 Å². The van der Waals surface area contributed by atoms with Gasteiger partial charge in [-0.05, 0) is 14.1 Å². The minimum atomic E-state index is 0.